The molecule has 1 atom stereocenters. The minimum absolute atomic E-state index is 0.294. The Morgan fingerprint density at radius 2 is 2.67 bits per heavy atom. The fourth-order valence-corrected chi connectivity index (χ4v) is 0.687. The molecule has 0 aliphatic heterocycles. The first kappa shape index (κ1) is 8.27. The van der Waals surface area contributed by atoms with Crippen molar-refractivity contribution < 1.29 is 4.79 Å². The lowest BCUT2D eigenvalue weighted by molar-refractivity contribution is 0.0948. The van der Waals surface area contributed by atoms with E-state index < -0.39 is 6.04 Å². The van der Waals surface area contributed by atoms with E-state index in [9.17, 15) is 4.79 Å². The van der Waals surface area contributed by atoms with Gasteiger partial charge in [-0.2, -0.15) is 10.4 Å². The molecule has 62 valence electrons. The molecular formula is C7H8N4O. The molecule has 1 aromatic heterocycles. The molecule has 0 fully saturated rings. The lowest BCUT2D eigenvalue weighted by Crippen LogP contribution is -2.30. The van der Waals surface area contributed by atoms with Crippen LogP contribution < -0.4 is 5.32 Å². The number of amides is 1. The van der Waals surface area contributed by atoms with Crippen molar-refractivity contribution in [3.8, 4) is 6.07 Å². The number of rotatable bonds is 2. The van der Waals surface area contributed by atoms with Crippen LogP contribution in [0.3, 0.4) is 0 Å². The van der Waals surface area contributed by atoms with Gasteiger partial charge < -0.3 is 5.32 Å². The third-order valence-corrected chi connectivity index (χ3v) is 1.30. The second-order valence-corrected chi connectivity index (χ2v) is 2.31. The normalized spacial score (nSPS) is 11.7. The third kappa shape index (κ3) is 1.83. The molecule has 0 saturated heterocycles. The Bertz CT molecular complexity index is 298. The summed E-state index contributed by atoms with van der Waals surface area (Å²) < 4.78 is 0. The highest BCUT2D eigenvalue weighted by Gasteiger charge is 2.08. The van der Waals surface area contributed by atoms with Gasteiger partial charge in [-0.3, -0.25) is 9.89 Å². The van der Waals surface area contributed by atoms with Gasteiger partial charge in [0.2, 0.25) is 0 Å². The first-order chi connectivity index (χ1) is 5.74. The number of aromatic nitrogens is 2. The van der Waals surface area contributed by atoms with Gasteiger partial charge in [-0.1, -0.05) is 0 Å². The van der Waals surface area contributed by atoms with E-state index in [0.29, 0.717) is 5.56 Å². The first-order valence-electron chi connectivity index (χ1n) is 3.43. The molecule has 2 N–H and O–H groups in total. The second-order valence-electron chi connectivity index (χ2n) is 2.31. The summed E-state index contributed by atoms with van der Waals surface area (Å²) in [5.41, 5.74) is 0.428. The molecule has 1 heterocycles. The second kappa shape index (κ2) is 3.53. The number of nitriles is 1. The van der Waals surface area contributed by atoms with Crippen molar-refractivity contribution in [2.75, 3.05) is 0 Å². The van der Waals surface area contributed by atoms with Gasteiger partial charge >= 0.3 is 0 Å². The number of hydrogen-bond acceptors (Lipinski definition) is 3. The molecule has 5 heteroatoms. The number of nitrogens with one attached hydrogen (secondary N) is 2. The maximum absolute atomic E-state index is 11.2. The van der Waals surface area contributed by atoms with Gasteiger partial charge in [0.15, 0.2) is 0 Å². The zero-order valence-corrected chi connectivity index (χ0v) is 6.53. The topological polar surface area (TPSA) is 81.6 Å². The zero-order valence-electron chi connectivity index (χ0n) is 6.53. The average molecular weight is 164 g/mol. The van der Waals surface area contributed by atoms with Gasteiger partial charge in [-0.05, 0) is 6.92 Å². The SMILES string of the molecule is C[C@@H](C#N)NC(=O)c1cn[nH]c1. The summed E-state index contributed by atoms with van der Waals surface area (Å²) in [5.74, 6) is -0.294. The quantitative estimate of drug-likeness (QED) is 0.648. The van der Waals surface area contributed by atoms with E-state index in [1.165, 1.54) is 12.4 Å². The zero-order chi connectivity index (χ0) is 8.97. The van der Waals surface area contributed by atoms with Crippen LogP contribution in [0.5, 0.6) is 0 Å². The molecule has 1 aromatic rings. The predicted molar refractivity (Wildman–Crippen MR) is 41.1 cm³/mol. The van der Waals surface area contributed by atoms with Gasteiger partial charge in [-0.25, -0.2) is 0 Å². The first-order valence-corrected chi connectivity index (χ1v) is 3.43. The molecule has 0 unspecified atom stereocenters. The van der Waals surface area contributed by atoms with Crippen LogP contribution in [0.1, 0.15) is 17.3 Å². The molecule has 0 aromatic carbocycles. The molecule has 0 aliphatic carbocycles. The summed E-state index contributed by atoms with van der Waals surface area (Å²) in [7, 11) is 0. The van der Waals surface area contributed by atoms with Gasteiger partial charge in [0.25, 0.3) is 5.91 Å². The van der Waals surface area contributed by atoms with E-state index in [2.05, 4.69) is 15.5 Å². The van der Waals surface area contributed by atoms with E-state index in [1.54, 1.807) is 6.92 Å². The minimum atomic E-state index is -0.479. The Balaban J connectivity index is 2.57. The van der Waals surface area contributed by atoms with Crippen molar-refractivity contribution in [1.29, 1.82) is 5.26 Å². The van der Waals surface area contributed by atoms with E-state index in [4.69, 9.17) is 5.26 Å². The summed E-state index contributed by atoms with van der Waals surface area (Å²) in [6.07, 6.45) is 2.87. The van der Waals surface area contributed by atoms with Gasteiger partial charge in [0, 0.05) is 6.20 Å². The Hall–Kier alpha value is -1.83. The lowest BCUT2D eigenvalue weighted by Gasteiger charge is -2.02. The Labute approximate surface area is 69.4 Å². The number of nitrogens with zero attached hydrogens (tertiary/aromatic N) is 2. The number of carbonyl (C=O) groups is 1. The Kier molecular flexibility index (Phi) is 2.43. The predicted octanol–water partition coefficient (Wildman–Crippen LogP) is 0.0516. The van der Waals surface area contributed by atoms with Crippen molar-refractivity contribution in [3.05, 3.63) is 18.0 Å². The maximum Gasteiger partial charge on any atom is 0.255 e. The molecule has 0 aliphatic rings. The largest absolute Gasteiger partial charge is 0.336 e. The third-order valence-electron chi connectivity index (χ3n) is 1.30. The van der Waals surface area contributed by atoms with E-state index in [0.717, 1.165) is 0 Å². The van der Waals surface area contributed by atoms with E-state index in [1.807, 2.05) is 6.07 Å². The summed E-state index contributed by atoms with van der Waals surface area (Å²) >= 11 is 0. The van der Waals surface area contributed by atoms with Crippen molar-refractivity contribution in [2.24, 2.45) is 0 Å². The summed E-state index contributed by atoms with van der Waals surface area (Å²) in [6.45, 7) is 1.61. The van der Waals surface area contributed by atoms with Gasteiger partial charge in [0.1, 0.15) is 6.04 Å². The number of carbonyl (C=O) groups excluding carboxylic acids is 1. The fourth-order valence-electron chi connectivity index (χ4n) is 0.687. The summed E-state index contributed by atoms with van der Waals surface area (Å²) in [6, 6.07) is 1.42. The minimum Gasteiger partial charge on any atom is -0.336 e. The highest BCUT2D eigenvalue weighted by Crippen LogP contribution is 1.93. The maximum atomic E-state index is 11.2. The Morgan fingerprint density at radius 1 is 1.92 bits per heavy atom. The molecule has 1 rings (SSSR count). The van der Waals surface area contributed by atoms with Crippen LogP contribution >= 0.6 is 0 Å². The van der Waals surface area contributed by atoms with E-state index in [-0.39, 0.29) is 5.91 Å². The average Bonchev–Trinajstić information content (AvgIpc) is 2.56. The van der Waals surface area contributed by atoms with Crippen molar-refractivity contribution >= 4 is 5.91 Å². The molecule has 0 spiro atoms. The molecule has 1 amide bonds. The fraction of sp³-hybridized carbons (Fsp3) is 0.286. The van der Waals surface area contributed by atoms with Crippen LogP contribution in [0.15, 0.2) is 12.4 Å². The van der Waals surface area contributed by atoms with E-state index >= 15 is 0 Å². The van der Waals surface area contributed by atoms with Crippen LogP contribution in [0.4, 0.5) is 0 Å². The van der Waals surface area contributed by atoms with Crippen LogP contribution in [-0.2, 0) is 0 Å². The van der Waals surface area contributed by atoms with Crippen molar-refractivity contribution in [2.45, 2.75) is 13.0 Å². The highest BCUT2D eigenvalue weighted by atomic mass is 16.1. The number of H-pyrrole nitrogens is 1. The van der Waals surface area contributed by atoms with Crippen molar-refractivity contribution in [1.82, 2.24) is 15.5 Å². The molecule has 0 saturated carbocycles. The lowest BCUT2D eigenvalue weighted by atomic mass is 10.3. The number of hydrogen-bond donors (Lipinski definition) is 2. The molecule has 0 bridgehead atoms. The molecule has 5 nitrogen and oxygen atoms in total. The molecular weight excluding hydrogens is 156 g/mol. The monoisotopic (exact) mass is 164 g/mol. The van der Waals surface area contributed by atoms with Crippen LogP contribution in [0.25, 0.3) is 0 Å². The molecule has 0 radical (unpaired) electrons. The van der Waals surface area contributed by atoms with Gasteiger partial charge in [0.05, 0.1) is 17.8 Å². The molecule has 12 heavy (non-hydrogen) atoms. The van der Waals surface area contributed by atoms with Crippen molar-refractivity contribution in [3.63, 3.8) is 0 Å². The van der Waals surface area contributed by atoms with Crippen LogP contribution in [-0.4, -0.2) is 22.1 Å². The van der Waals surface area contributed by atoms with Crippen LogP contribution in [0.2, 0.25) is 0 Å². The highest BCUT2D eigenvalue weighted by molar-refractivity contribution is 5.93. The van der Waals surface area contributed by atoms with Gasteiger partial charge in [-0.15, -0.1) is 0 Å². The summed E-state index contributed by atoms with van der Waals surface area (Å²) in [4.78, 5) is 11.2. The smallest absolute Gasteiger partial charge is 0.255 e. The summed E-state index contributed by atoms with van der Waals surface area (Å²) in [5, 5.41) is 17.0. The Morgan fingerprint density at radius 3 is 3.17 bits per heavy atom. The van der Waals surface area contributed by atoms with Crippen LogP contribution in [0, 0.1) is 11.3 Å². The number of aromatic amines is 1. The standard InChI is InChI=1S/C7H8N4O/c1-5(2-8)11-7(12)6-3-9-10-4-6/h3-5H,1H3,(H,9,10)(H,11,12)/t5-/m0/s1.